The van der Waals surface area contributed by atoms with Gasteiger partial charge in [-0.1, -0.05) is 0 Å². The molecule has 1 saturated heterocycles. The molecule has 2 heterocycles. The predicted molar refractivity (Wildman–Crippen MR) is 50.6 cm³/mol. The fourth-order valence-corrected chi connectivity index (χ4v) is 2.86. The zero-order valence-electron chi connectivity index (χ0n) is 6.84. The van der Waals surface area contributed by atoms with Crippen LogP contribution in [0.25, 0.3) is 0 Å². The Morgan fingerprint density at radius 1 is 1.64 bits per heavy atom. The second kappa shape index (κ2) is 3.15. The fourth-order valence-electron chi connectivity index (χ4n) is 1.71. The van der Waals surface area contributed by atoms with Crippen LogP contribution in [-0.2, 0) is 0 Å². The van der Waals surface area contributed by atoms with Crippen molar-refractivity contribution in [2.24, 2.45) is 4.99 Å². The van der Waals surface area contributed by atoms with Crippen molar-refractivity contribution in [2.45, 2.75) is 24.6 Å². The van der Waals surface area contributed by atoms with E-state index in [1.54, 1.807) is 0 Å². The molecule has 0 spiro atoms. The van der Waals surface area contributed by atoms with Crippen LogP contribution in [0.3, 0.4) is 0 Å². The van der Waals surface area contributed by atoms with Gasteiger partial charge in [-0.25, -0.2) is 0 Å². The van der Waals surface area contributed by atoms with Gasteiger partial charge in [0.15, 0.2) is 0 Å². The van der Waals surface area contributed by atoms with Crippen LogP contribution in [0, 0.1) is 0 Å². The van der Waals surface area contributed by atoms with E-state index < -0.39 is 0 Å². The van der Waals surface area contributed by atoms with Crippen molar-refractivity contribution >= 4 is 17.5 Å². The van der Waals surface area contributed by atoms with Crippen molar-refractivity contribution in [1.82, 2.24) is 5.32 Å². The monoisotopic (exact) mass is 170 g/mol. The Labute approximate surface area is 71.9 Å². The predicted octanol–water partition coefficient (Wildman–Crippen LogP) is 0.925. The number of aliphatic imine (C=N–C) groups is 1. The van der Waals surface area contributed by atoms with Gasteiger partial charge in [0.1, 0.15) is 0 Å². The Kier molecular flexibility index (Phi) is 2.18. The van der Waals surface area contributed by atoms with Crippen LogP contribution >= 0.6 is 11.8 Å². The molecule has 62 valence electrons. The molecular weight excluding hydrogens is 156 g/mol. The molecule has 2 unspecified atom stereocenters. The van der Waals surface area contributed by atoms with Gasteiger partial charge >= 0.3 is 0 Å². The fraction of sp³-hybridized carbons (Fsp3) is 0.875. The average Bonchev–Trinajstić information content (AvgIpc) is 2.04. The van der Waals surface area contributed by atoms with Crippen molar-refractivity contribution in [1.29, 1.82) is 0 Å². The summed E-state index contributed by atoms with van der Waals surface area (Å²) in [7, 11) is 0. The molecule has 2 aliphatic rings. The van der Waals surface area contributed by atoms with Gasteiger partial charge in [-0.2, -0.15) is 11.8 Å². The molecule has 2 atom stereocenters. The highest BCUT2D eigenvalue weighted by Gasteiger charge is 2.27. The Hall–Kier alpha value is -0.0200. The molecule has 0 aromatic carbocycles. The van der Waals surface area contributed by atoms with Crippen molar-refractivity contribution in [3.05, 3.63) is 0 Å². The Bertz CT molecular complexity index is 179. The molecule has 0 radical (unpaired) electrons. The maximum absolute atomic E-state index is 4.47. The van der Waals surface area contributed by atoms with E-state index >= 15 is 0 Å². The normalized spacial score (nSPS) is 37.7. The Morgan fingerprint density at radius 2 is 2.55 bits per heavy atom. The van der Waals surface area contributed by atoms with Crippen LogP contribution in [0.4, 0.5) is 0 Å². The van der Waals surface area contributed by atoms with Crippen molar-refractivity contribution in [3.8, 4) is 0 Å². The molecule has 1 N–H and O–H groups in total. The van der Waals surface area contributed by atoms with Gasteiger partial charge < -0.3 is 5.32 Å². The summed E-state index contributed by atoms with van der Waals surface area (Å²) in [6.45, 7) is 4.35. The van der Waals surface area contributed by atoms with Crippen molar-refractivity contribution in [3.63, 3.8) is 0 Å². The zero-order chi connectivity index (χ0) is 7.68. The molecule has 0 aromatic heterocycles. The molecule has 11 heavy (non-hydrogen) atoms. The Morgan fingerprint density at radius 3 is 3.45 bits per heavy atom. The van der Waals surface area contributed by atoms with Gasteiger partial charge in [-0.05, 0) is 6.92 Å². The first-order valence-electron chi connectivity index (χ1n) is 4.21. The van der Waals surface area contributed by atoms with E-state index in [-0.39, 0.29) is 0 Å². The van der Waals surface area contributed by atoms with Crippen LogP contribution in [0.5, 0.6) is 0 Å². The minimum absolute atomic E-state index is 0.714. The standard InChI is InChI=1S/C8H14N2S/c1-6-4-7-8(5-10-6)11-3-2-9-7/h7-9H,2-5H2,1H3. The highest BCUT2D eigenvalue weighted by Crippen LogP contribution is 2.24. The molecule has 0 aliphatic carbocycles. The number of rotatable bonds is 0. The van der Waals surface area contributed by atoms with Gasteiger partial charge in [0.05, 0.1) is 6.54 Å². The first kappa shape index (κ1) is 7.62. The van der Waals surface area contributed by atoms with Crippen LogP contribution in [0.2, 0.25) is 0 Å². The summed E-state index contributed by atoms with van der Waals surface area (Å²) in [5, 5.41) is 4.31. The molecule has 0 aromatic rings. The van der Waals surface area contributed by atoms with Crippen LogP contribution in [-0.4, -0.2) is 35.8 Å². The summed E-state index contributed by atoms with van der Waals surface area (Å²) >= 11 is 2.08. The number of hydrogen-bond donors (Lipinski definition) is 1. The molecule has 2 rings (SSSR count). The van der Waals surface area contributed by atoms with Gasteiger partial charge in [0, 0.05) is 35.7 Å². The smallest absolute Gasteiger partial charge is 0.0522 e. The summed E-state index contributed by atoms with van der Waals surface area (Å²) in [6.07, 6.45) is 1.16. The second-order valence-corrected chi connectivity index (χ2v) is 4.60. The van der Waals surface area contributed by atoms with Gasteiger partial charge in [-0.3, -0.25) is 4.99 Å². The number of nitrogens with one attached hydrogen (secondary N) is 1. The molecule has 0 saturated carbocycles. The van der Waals surface area contributed by atoms with Crippen LogP contribution in [0.1, 0.15) is 13.3 Å². The minimum Gasteiger partial charge on any atom is -0.312 e. The van der Waals surface area contributed by atoms with Gasteiger partial charge in [-0.15, -0.1) is 0 Å². The van der Waals surface area contributed by atoms with E-state index in [4.69, 9.17) is 0 Å². The maximum Gasteiger partial charge on any atom is 0.0522 e. The lowest BCUT2D eigenvalue weighted by Gasteiger charge is -2.34. The third kappa shape index (κ3) is 1.59. The van der Waals surface area contributed by atoms with Crippen LogP contribution < -0.4 is 5.32 Å². The minimum atomic E-state index is 0.714. The van der Waals surface area contributed by atoms with Crippen LogP contribution in [0.15, 0.2) is 4.99 Å². The lowest BCUT2D eigenvalue weighted by atomic mass is 10.0. The average molecular weight is 170 g/mol. The number of fused-ring (bicyclic) bond motifs is 1. The number of nitrogens with zero attached hydrogens (tertiary/aromatic N) is 1. The first-order chi connectivity index (χ1) is 5.36. The van der Waals surface area contributed by atoms with E-state index in [1.807, 2.05) is 0 Å². The number of hydrogen-bond acceptors (Lipinski definition) is 3. The third-order valence-electron chi connectivity index (χ3n) is 2.35. The molecular formula is C8H14N2S. The maximum atomic E-state index is 4.47. The highest BCUT2D eigenvalue weighted by molar-refractivity contribution is 8.00. The summed E-state index contributed by atoms with van der Waals surface area (Å²) in [4.78, 5) is 4.47. The molecule has 2 aliphatic heterocycles. The van der Waals surface area contributed by atoms with Gasteiger partial charge in [0.25, 0.3) is 0 Å². The van der Waals surface area contributed by atoms with Crippen molar-refractivity contribution < 1.29 is 0 Å². The third-order valence-corrected chi connectivity index (χ3v) is 3.69. The molecule has 1 fully saturated rings. The highest BCUT2D eigenvalue weighted by atomic mass is 32.2. The zero-order valence-corrected chi connectivity index (χ0v) is 7.66. The summed E-state index contributed by atoms with van der Waals surface area (Å²) in [5.74, 6) is 1.26. The molecule has 0 bridgehead atoms. The van der Waals surface area contributed by atoms with E-state index in [2.05, 4.69) is 29.0 Å². The largest absolute Gasteiger partial charge is 0.312 e. The topological polar surface area (TPSA) is 24.4 Å². The number of thioether (sulfide) groups is 1. The van der Waals surface area contributed by atoms with E-state index in [1.165, 1.54) is 18.0 Å². The lowest BCUT2D eigenvalue weighted by molar-refractivity contribution is 0.497. The quantitative estimate of drug-likeness (QED) is 0.585. The SMILES string of the molecule is CC1=NCC2SCCNC2C1. The first-order valence-corrected chi connectivity index (χ1v) is 5.26. The summed E-state index contributed by atoms with van der Waals surface area (Å²) in [5.41, 5.74) is 1.32. The lowest BCUT2D eigenvalue weighted by Crippen LogP contribution is -2.48. The molecule has 3 heteroatoms. The molecule has 0 amide bonds. The van der Waals surface area contributed by atoms with Gasteiger partial charge in [0.2, 0.25) is 0 Å². The Balaban J connectivity index is 2.04. The summed E-state index contributed by atoms with van der Waals surface area (Å²) in [6, 6.07) is 0.714. The second-order valence-electron chi connectivity index (χ2n) is 3.25. The van der Waals surface area contributed by atoms with Crippen molar-refractivity contribution in [2.75, 3.05) is 18.8 Å². The summed E-state index contributed by atoms with van der Waals surface area (Å²) < 4.78 is 0. The van der Waals surface area contributed by atoms with E-state index in [9.17, 15) is 0 Å². The van der Waals surface area contributed by atoms with E-state index in [0.717, 1.165) is 18.2 Å². The van der Waals surface area contributed by atoms with E-state index in [0.29, 0.717) is 6.04 Å². The molecule has 2 nitrogen and oxygen atoms in total.